The number of aliphatic hydroxyl groups excluding tert-OH is 1. The molecule has 0 aliphatic rings. The van der Waals surface area contributed by atoms with E-state index in [0.29, 0.717) is 5.56 Å². The number of methoxy groups -OCH3 is 1. The van der Waals surface area contributed by atoms with Crippen molar-refractivity contribution in [2.45, 2.75) is 12.0 Å². The SMILES string of the molecule is COc1ccc([C@H](O)[C@H](C#N)c2cccc3ccccc23)cc1. The molecule has 0 radical (unpaired) electrons. The van der Waals surface area contributed by atoms with E-state index in [9.17, 15) is 10.4 Å². The molecule has 3 heteroatoms. The minimum absolute atomic E-state index is 0.630. The molecule has 0 saturated carbocycles. The summed E-state index contributed by atoms with van der Waals surface area (Å²) in [6.45, 7) is 0. The molecule has 114 valence electrons. The summed E-state index contributed by atoms with van der Waals surface area (Å²) in [6.07, 6.45) is -0.892. The lowest BCUT2D eigenvalue weighted by atomic mass is 9.87. The molecule has 1 N–H and O–H groups in total. The van der Waals surface area contributed by atoms with E-state index in [-0.39, 0.29) is 0 Å². The average molecular weight is 303 g/mol. The third-order valence-corrected chi connectivity index (χ3v) is 4.07. The summed E-state index contributed by atoms with van der Waals surface area (Å²) in [6, 6.07) is 23.1. The van der Waals surface area contributed by atoms with Gasteiger partial charge in [-0.1, -0.05) is 54.6 Å². The maximum atomic E-state index is 10.7. The second kappa shape index (κ2) is 6.51. The van der Waals surface area contributed by atoms with Crippen LogP contribution < -0.4 is 4.74 Å². The third-order valence-electron chi connectivity index (χ3n) is 4.07. The largest absolute Gasteiger partial charge is 0.497 e. The predicted molar refractivity (Wildman–Crippen MR) is 90.3 cm³/mol. The van der Waals surface area contributed by atoms with Crippen LogP contribution in [-0.4, -0.2) is 12.2 Å². The molecule has 0 heterocycles. The van der Waals surface area contributed by atoms with Crippen LogP contribution in [0.3, 0.4) is 0 Å². The van der Waals surface area contributed by atoms with Crippen LogP contribution in [0.15, 0.2) is 66.7 Å². The van der Waals surface area contributed by atoms with E-state index in [4.69, 9.17) is 4.74 Å². The lowest BCUT2D eigenvalue weighted by Crippen LogP contribution is -2.09. The number of rotatable bonds is 4. The number of nitriles is 1. The molecule has 3 nitrogen and oxygen atoms in total. The topological polar surface area (TPSA) is 53.2 Å². The first kappa shape index (κ1) is 15.1. The lowest BCUT2D eigenvalue weighted by molar-refractivity contribution is 0.164. The Morgan fingerprint density at radius 3 is 2.35 bits per heavy atom. The molecule has 3 rings (SSSR count). The van der Waals surface area contributed by atoms with Gasteiger partial charge in [-0.05, 0) is 34.0 Å². The Morgan fingerprint density at radius 1 is 0.957 bits per heavy atom. The number of aliphatic hydroxyl groups is 1. The molecule has 0 unspecified atom stereocenters. The predicted octanol–water partition coefficient (Wildman–Crippen LogP) is 4.19. The Balaban J connectivity index is 2.02. The summed E-state index contributed by atoms with van der Waals surface area (Å²) in [4.78, 5) is 0. The van der Waals surface area contributed by atoms with Crippen molar-refractivity contribution in [2.75, 3.05) is 7.11 Å². The van der Waals surface area contributed by atoms with Gasteiger partial charge in [-0.15, -0.1) is 0 Å². The van der Waals surface area contributed by atoms with Gasteiger partial charge in [0.15, 0.2) is 0 Å². The highest BCUT2D eigenvalue weighted by molar-refractivity contribution is 5.86. The zero-order valence-electron chi connectivity index (χ0n) is 12.8. The zero-order valence-corrected chi connectivity index (χ0v) is 12.8. The van der Waals surface area contributed by atoms with Gasteiger partial charge in [0.25, 0.3) is 0 Å². The molecule has 2 atom stereocenters. The molecule has 0 saturated heterocycles. The van der Waals surface area contributed by atoms with E-state index in [2.05, 4.69) is 6.07 Å². The second-order valence-corrected chi connectivity index (χ2v) is 5.39. The summed E-state index contributed by atoms with van der Waals surface area (Å²) < 4.78 is 5.13. The summed E-state index contributed by atoms with van der Waals surface area (Å²) in [5.74, 6) is 0.0918. The number of ether oxygens (including phenoxy) is 1. The molecular weight excluding hydrogens is 286 g/mol. The molecule has 0 aliphatic carbocycles. The molecule has 0 bridgehead atoms. The van der Waals surface area contributed by atoms with Crippen molar-refractivity contribution in [3.8, 4) is 11.8 Å². The fourth-order valence-corrected chi connectivity index (χ4v) is 2.83. The molecule has 23 heavy (non-hydrogen) atoms. The van der Waals surface area contributed by atoms with Crippen LogP contribution in [0.1, 0.15) is 23.1 Å². The number of hydrogen-bond acceptors (Lipinski definition) is 3. The van der Waals surface area contributed by atoms with Crippen molar-refractivity contribution >= 4 is 10.8 Å². The van der Waals surface area contributed by atoms with E-state index in [1.807, 2.05) is 42.5 Å². The molecule has 0 aromatic heterocycles. The molecule has 3 aromatic carbocycles. The minimum atomic E-state index is -0.892. The number of nitrogens with zero attached hydrogens (tertiary/aromatic N) is 1. The van der Waals surface area contributed by atoms with Gasteiger partial charge < -0.3 is 9.84 Å². The second-order valence-electron chi connectivity index (χ2n) is 5.39. The Morgan fingerprint density at radius 2 is 1.65 bits per heavy atom. The van der Waals surface area contributed by atoms with Crippen molar-refractivity contribution in [2.24, 2.45) is 0 Å². The van der Waals surface area contributed by atoms with Crippen LogP contribution >= 0.6 is 0 Å². The van der Waals surface area contributed by atoms with Crippen LogP contribution in [0, 0.1) is 11.3 Å². The Hall–Kier alpha value is -2.83. The first-order chi connectivity index (χ1) is 11.2. The highest BCUT2D eigenvalue weighted by Gasteiger charge is 2.24. The zero-order chi connectivity index (χ0) is 16.2. The van der Waals surface area contributed by atoms with Gasteiger partial charge in [-0.2, -0.15) is 5.26 Å². The van der Waals surface area contributed by atoms with E-state index >= 15 is 0 Å². The summed E-state index contributed by atoms with van der Waals surface area (Å²) in [5, 5.41) is 22.4. The highest BCUT2D eigenvalue weighted by atomic mass is 16.5. The molecule has 0 amide bonds. The van der Waals surface area contributed by atoms with Gasteiger partial charge in [-0.25, -0.2) is 0 Å². The maximum absolute atomic E-state index is 10.7. The first-order valence-electron chi connectivity index (χ1n) is 7.44. The number of benzene rings is 3. The van der Waals surface area contributed by atoms with Gasteiger partial charge in [0, 0.05) is 0 Å². The van der Waals surface area contributed by atoms with E-state index in [1.165, 1.54) is 0 Å². The van der Waals surface area contributed by atoms with Crippen LogP contribution in [0.4, 0.5) is 0 Å². The quantitative estimate of drug-likeness (QED) is 0.786. The summed E-state index contributed by atoms with van der Waals surface area (Å²) in [5.41, 5.74) is 1.54. The molecular formula is C20H17NO2. The van der Waals surface area contributed by atoms with Crippen LogP contribution in [-0.2, 0) is 0 Å². The average Bonchev–Trinajstić information content (AvgIpc) is 2.62. The summed E-state index contributed by atoms with van der Waals surface area (Å²) >= 11 is 0. The Bertz CT molecular complexity index is 844. The van der Waals surface area contributed by atoms with Crippen LogP contribution in [0.5, 0.6) is 5.75 Å². The van der Waals surface area contributed by atoms with Gasteiger partial charge in [0.05, 0.1) is 19.3 Å². The third kappa shape index (κ3) is 2.90. The van der Waals surface area contributed by atoms with Gasteiger partial charge in [0.1, 0.15) is 11.7 Å². The van der Waals surface area contributed by atoms with Crippen molar-refractivity contribution in [1.29, 1.82) is 5.26 Å². The normalized spacial score (nSPS) is 13.3. The van der Waals surface area contributed by atoms with E-state index in [1.54, 1.807) is 31.4 Å². The maximum Gasteiger partial charge on any atom is 0.118 e. The first-order valence-corrected chi connectivity index (χ1v) is 7.44. The molecule has 0 fully saturated rings. The molecule has 0 aliphatic heterocycles. The van der Waals surface area contributed by atoms with Crippen LogP contribution in [0.25, 0.3) is 10.8 Å². The lowest BCUT2D eigenvalue weighted by Gasteiger charge is -2.19. The van der Waals surface area contributed by atoms with Crippen molar-refractivity contribution in [1.82, 2.24) is 0 Å². The van der Waals surface area contributed by atoms with E-state index < -0.39 is 12.0 Å². The molecule has 0 spiro atoms. The standard InChI is InChI=1S/C20H17NO2/c1-23-16-11-9-15(10-12-16)20(22)19(13-21)18-8-4-6-14-5-2-3-7-17(14)18/h2-12,19-20,22H,1H3/t19-,20+/m1/s1. The highest BCUT2D eigenvalue weighted by Crippen LogP contribution is 2.35. The number of hydrogen-bond donors (Lipinski definition) is 1. The van der Waals surface area contributed by atoms with Gasteiger partial charge in [0.2, 0.25) is 0 Å². The monoisotopic (exact) mass is 303 g/mol. The van der Waals surface area contributed by atoms with Crippen LogP contribution in [0.2, 0.25) is 0 Å². The summed E-state index contributed by atoms with van der Waals surface area (Å²) in [7, 11) is 1.60. The fourth-order valence-electron chi connectivity index (χ4n) is 2.83. The van der Waals surface area contributed by atoms with Crippen molar-refractivity contribution in [3.05, 3.63) is 77.9 Å². The Kier molecular flexibility index (Phi) is 4.27. The Labute approximate surface area is 135 Å². The van der Waals surface area contributed by atoms with E-state index in [0.717, 1.165) is 22.1 Å². The van der Waals surface area contributed by atoms with Crippen molar-refractivity contribution in [3.63, 3.8) is 0 Å². The molecule has 3 aromatic rings. The number of fused-ring (bicyclic) bond motifs is 1. The fraction of sp³-hybridized carbons (Fsp3) is 0.150. The minimum Gasteiger partial charge on any atom is -0.497 e. The van der Waals surface area contributed by atoms with Gasteiger partial charge >= 0.3 is 0 Å². The smallest absolute Gasteiger partial charge is 0.118 e. The van der Waals surface area contributed by atoms with Gasteiger partial charge in [-0.3, -0.25) is 0 Å². The van der Waals surface area contributed by atoms with Crippen molar-refractivity contribution < 1.29 is 9.84 Å².